The maximum absolute atomic E-state index is 9.12. The van der Waals surface area contributed by atoms with Crippen molar-refractivity contribution in [1.82, 2.24) is 0 Å². The van der Waals surface area contributed by atoms with E-state index in [1.54, 1.807) is 11.8 Å². The summed E-state index contributed by atoms with van der Waals surface area (Å²) in [6.45, 7) is 6.74. The Bertz CT molecular complexity index is 585. The van der Waals surface area contributed by atoms with E-state index in [2.05, 4.69) is 61.0 Å². The van der Waals surface area contributed by atoms with Crippen LogP contribution in [-0.2, 0) is 12.0 Å². The van der Waals surface area contributed by atoms with Gasteiger partial charge in [0.2, 0.25) is 0 Å². The van der Waals surface area contributed by atoms with Gasteiger partial charge in [-0.1, -0.05) is 50.7 Å². The number of aliphatic hydroxyl groups is 1. The first-order valence-corrected chi connectivity index (χ1v) is 8.19. The van der Waals surface area contributed by atoms with Crippen molar-refractivity contribution < 1.29 is 5.11 Å². The fraction of sp³-hybridized carbons (Fsp3) is 0.294. The van der Waals surface area contributed by atoms with Gasteiger partial charge in [0.05, 0.1) is 6.61 Å². The van der Waals surface area contributed by atoms with Crippen LogP contribution < -0.4 is 0 Å². The second-order valence-corrected chi connectivity index (χ2v) is 7.77. The molecule has 0 spiro atoms. The number of halogens is 1. The summed E-state index contributed by atoms with van der Waals surface area (Å²) < 4.78 is 1.02. The van der Waals surface area contributed by atoms with Gasteiger partial charge < -0.3 is 5.11 Å². The molecule has 0 fully saturated rings. The summed E-state index contributed by atoms with van der Waals surface area (Å²) in [5.74, 6) is 0. The fourth-order valence-corrected chi connectivity index (χ4v) is 3.36. The molecule has 0 aliphatic rings. The van der Waals surface area contributed by atoms with Crippen LogP contribution in [0.2, 0.25) is 0 Å². The van der Waals surface area contributed by atoms with Crippen molar-refractivity contribution in [1.29, 1.82) is 0 Å². The van der Waals surface area contributed by atoms with Gasteiger partial charge >= 0.3 is 0 Å². The summed E-state index contributed by atoms with van der Waals surface area (Å²) >= 11 is 5.28. The zero-order chi connectivity index (χ0) is 14.8. The van der Waals surface area contributed by atoms with Gasteiger partial charge in [0, 0.05) is 14.3 Å². The molecular formula is C17H19BrOS. The summed E-state index contributed by atoms with van der Waals surface area (Å²) in [6.07, 6.45) is 0. The normalized spacial score (nSPS) is 11.7. The van der Waals surface area contributed by atoms with Gasteiger partial charge in [0.15, 0.2) is 0 Å². The maximum Gasteiger partial charge on any atom is 0.0682 e. The van der Waals surface area contributed by atoms with Crippen LogP contribution in [0.5, 0.6) is 0 Å². The summed E-state index contributed by atoms with van der Waals surface area (Å²) in [7, 11) is 0. The highest BCUT2D eigenvalue weighted by atomic mass is 79.9. The first-order valence-electron chi connectivity index (χ1n) is 6.58. The van der Waals surface area contributed by atoms with Crippen LogP contribution in [0.15, 0.2) is 56.7 Å². The van der Waals surface area contributed by atoms with Crippen molar-refractivity contribution in [2.24, 2.45) is 0 Å². The number of hydrogen-bond acceptors (Lipinski definition) is 2. The lowest BCUT2D eigenvalue weighted by atomic mass is 9.87. The summed E-state index contributed by atoms with van der Waals surface area (Å²) in [6, 6.07) is 14.7. The zero-order valence-corrected chi connectivity index (χ0v) is 14.4. The molecule has 1 N–H and O–H groups in total. The Morgan fingerprint density at radius 3 is 2.20 bits per heavy atom. The summed E-state index contributed by atoms with van der Waals surface area (Å²) in [5.41, 5.74) is 2.45. The third-order valence-electron chi connectivity index (χ3n) is 3.13. The highest BCUT2D eigenvalue weighted by Gasteiger charge is 2.13. The van der Waals surface area contributed by atoms with E-state index in [0.29, 0.717) is 0 Å². The van der Waals surface area contributed by atoms with Crippen molar-refractivity contribution >= 4 is 27.7 Å². The van der Waals surface area contributed by atoms with E-state index in [1.165, 1.54) is 10.5 Å². The summed E-state index contributed by atoms with van der Waals surface area (Å²) in [4.78, 5) is 2.38. The minimum Gasteiger partial charge on any atom is -0.392 e. The van der Waals surface area contributed by atoms with E-state index in [-0.39, 0.29) is 12.0 Å². The van der Waals surface area contributed by atoms with Crippen molar-refractivity contribution in [2.75, 3.05) is 0 Å². The molecule has 2 aromatic rings. The smallest absolute Gasteiger partial charge is 0.0682 e. The first kappa shape index (κ1) is 15.6. The van der Waals surface area contributed by atoms with E-state index in [1.807, 2.05) is 18.2 Å². The highest BCUT2D eigenvalue weighted by molar-refractivity contribution is 9.10. The monoisotopic (exact) mass is 350 g/mol. The zero-order valence-electron chi connectivity index (χ0n) is 12.0. The number of hydrogen-bond donors (Lipinski definition) is 1. The predicted octanol–water partition coefficient (Wildman–Crippen LogP) is 5.39. The maximum atomic E-state index is 9.12. The van der Waals surface area contributed by atoms with Gasteiger partial charge in [-0.3, -0.25) is 0 Å². The van der Waals surface area contributed by atoms with E-state index < -0.39 is 0 Å². The molecule has 0 saturated carbocycles. The van der Waals surface area contributed by atoms with E-state index >= 15 is 0 Å². The van der Waals surface area contributed by atoms with Crippen molar-refractivity contribution in [3.05, 3.63) is 58.1 Å². The third kappa shape index (κ3) is 3.87. The Kier molecular flexibility index (Phi) is 4.95. The SMILES string of the molecule is CC(C)(C)c1ccc(Sc2ccc(CO)cc2Br)cc1. The van der Waals surface area contributed by atoms with Crippen LogP contribution in [0.1, 0.15) is 31.9 Å². The molecule has 106 valence electrons. The first-order chi connectivity index (χ1) is 9.40. The molecule has 0 radical (unpaired) electrons. The van der Waals surface area contributed by atoms with E-state index in [9.17, 15) is 0 Å². The molecule has 1 nitrogen and oxygen atoms in total. The number of aliphatic hydroxyl groups excluding tert-OH is 1. The van der Waals surface area contributed by atoms with Gasteiger partial charge in [-0.2, -0.15) is 0 Å². The molecule has 0 aliphatic heterocycles. The minimum absolute atomic E-state index is 0.0732. The number of rotatable bonds is 3. The van der Waals surface area contributed by atoms with Crippen LogP contribution in [0.3, 0.4) is 0 Å². The van der Waals surface area contributed by atoms with Crippen LogP contribution >= 0.6 is 27.7 Å². The lowest BCUT2D eigenvalue weighted by molar-refractivity contribution is 0.281. The van der Waals surface area contributed by atoms with Gasteiger partial charge in [-0.15, -0.1) is 0 Å². The molecule has 0 aliphatic carbocycles. The van der Waals surface area contributed by atoms with Gasteiger partial charge in [-0.05, 0) is 56.7 Å². The van der Waals surface area contributed by atoms with E-state index in [0.717, 1.165) is 14.9 Å². The van der Waals surface area contributed by atoms with Gasteiger partial charge in [0.25, 0.3) is 0 Å². The Labute approximate surface area is 133 Å². The second-order valence-electron chi connectivity index (χ2n) is 5.80. The van der Waals surface area contributed by atoms with Crippen molar-refractivity contribution in [2.45, 2.75) is 42.6 Å². The third-order valence-corrected chi connectivity index (χ3v) is 5.13. The average Bonchev–Trinajstić information content (AvgIpc) is 2.40. The average molecular weight is 351 g/mol. The largest absolute Gasteiger partial charge is 0.392 e. The molecule has 0 amide bonds. The molecule has 0 atom stereocenters. The molecule has 20 heavy (non-hydrogen) atoms. The van der Waals surface area contributed by atoms with Gasteiger partial charge in [0.1, 0.15) is 0 Å². The lowest BCUT2D eigenvalue weighted by Gasteiger charge is -2.19. The fourth-order valence-electron chi connectivity index (χ4n) is 1.88. The molecule has 2 aromatic carbocycles. The quantitative estimate of drug-likeness (QED) is 0.800. The van der Waals surface area contributed by atoms with Crippen LogP contribution in [0.4, 0.5) is 0 Å². The molecule has 3 heteroatoms. The Morgan fingerprint density at radius 1 is 1.05 bits per heavy atom. The molecule has 0 bridgehead atoms. The second kappa shape index (κ2) is 6.33. The van der Waals surface area contributed by atoms with Crippen LogP contribution in [0.25, 0.3) is 0 Å². The Morgan fingerprint density at radius 2 is 1.70 bits per heavy atom. The molecule has 0 unspecified atom stereocenters. The molecular weight excluding hydrogens is 332 g/mol. The van der Waals surface area contributed by atoms with Crippen molar-refractivity contribution in [3.8, 4) is 0 Å². The molecule has 2 rings (SSSR count). The van der Waals surface area contributed by atoms with E-state index in [4.69, 9.17) is 5.11 Å². The molecule has 0 aromatic heterocycles. The molecule has 0 heterocycles. The standard InChI is InChI=1S/C17H19BrOS/c1-17(2,3)13-5-7-14(8-6-13)20-16-9-4-12(11-19)10-15(16)18/h4-10,19H,11H2,1-3H3. The minimum atomic E-state index is 0.0732. The Balaban J connectivity index is 2.18. The molecule has 0 saturated heterocycles. The summed E-state index contributed by atoms with van der Waals surface area (Å²) in [5, 5.41) is 9.12. The topological polar surface area (TPSA) is 20.2 Å². The van der Waals surface area contributed by atoms with Crippen molar-refractivity contribution in [3.63, 3.8) is 0 Å². The Hall–Kier alpha value is -0.770. The van der Waals surface area contributed by atoms with Gasteiger partial charge in [-0.25, -0.2) is 0 Å². The van der Waals surface area contributed by atoms with Crippen LogP contribution in [0, 0.1) is 0 Å². The van der Waals surface area contributed by atoms with Crippen LogP contribution in [-0.4, -0.2) is 5.11 Å². The highest BCUT2D eigenvalue weighted by Crippen LogP contribution is 2.35. The lowest BCUT2D eigenvalue weighted by Crippen LogP contribution is -2.10. The number of benzene rings is 2. The predicted molar refractivity (Wildman–Crippen MR) is 89.3 cm³/mol.